The van der Waals surface area contributed by atoms with Crippen LogP contribution in [0.3, 0.4) is 0 Å². The highest BCUT2D eigenvalue weighted by molar-refractivity contribution is 5.99. The predicted octanol–water partition coefficient (Wildman–Crippen LogP) is 3.83. The van der Waals surface area contributed by atoms with Crippen molar-refractivity contribution in [2.45, 2.75) is 25.0 Å². The summed E-state index contributed by atoms with van der Waals surface area (Å²) >= 11 is 0. The van der Waals surface area contributed by atoms with E-state index < -0.39 is 28.9 Å². The third kappa shape index (κ3) is 5.16. The van der Waals surface area contributed by atoms with Gasteiger partial charge in [0.1, 0.15) is 11.9 Å². The number of benzene rings is 3. The average molecular weight is 541 g/mol. The van der Waals surface area contributed by atoms with Crippen molar-refractivity contribution >= 4 is 17.6 Å². The summed E-state index contributed by atoms with van der Waals surface area (Å²) in [6.07, 6.45) is -0.450. The van der Waals surface area contributed by atoms with Crippen LogP contribution in [0.15, 0.2) is 108 Å². The zero-order valence-corrected chi connectivity index (χ0v) is 21.7. The fraction of sp³-hybridized carbons (Fsp3) is 0.200. The molecular weight excluding hydrogens is 512 g/mol. The molecule has 2 aliphatic heterocycles. The summed E-state index contributed by atoms with van der Waals surface area (Å²) < 4.78 is 5.83. The highest BCUT2D eigenvalue weighted by Gasteiger charge is 2.41. The first-order valence-corrected chi connectivity index (χ1v) is 12.7. The Morgan fingerprint density at radius 3 is 2.15 bits per heavy atom. The van der Waals surface area contributed by atoms with E-state index >= 15 is 0 Å². The van der Waals surface area contributed by atoms with Gasteiger partial charge in [0, 0.05) is 30.9 Å². The third-order valence-electron chi connectivity index (χ3n) is 7.20. The highest BCUT2D eigenvalue weighted by atomic mass is 16.6. The van der Waals surface area contributed by atoms with E-state index in [9.17, 15) is 24.8 Å². The summed E-state index contributed by atoms with van der Waals surface area (Å²) in [5, 5.41) is 24.2. The number of hydrogen-bond acceptors (Lipinski definition) is 8. The van der Waals surface area contributed by atoms with Gasteiger partial charge >= 0.3 is 11.9 Å². The Hall–Kier alpha value is -4.96. The van der Waals surface area contributed by atoms with E-state index in [-0.39, 0.29) is 40.0 Å². The number of carbonyl (C=O) groups excluding carboxylic acids is 1. The van der Waals surface area contributed by atoms with Crippen molar-refractivity contribution in [1.29, 1.82) is 0 Å². The van der Waals surface area contributed by atoms with E-state index in [1.165, 1.54) is 31.2 Å². The third-order valence-corrected chi connectivity index (χ3v) is 7.20. The van der Waals surface area contributed by atoms with E-state index in [2.05, 4.69) is 34.5 Å². The number of carboxylic acid groups (broad SMARTS) is 1. The molecule has 40 heavy (non-hydrogen) atoms. The van der Waals surface area contributed by atoms with Gasteiger partial charge in [0.25, 0.3) is 5.69 Å². The number of likely N-dealkylation sites (tertiary alicyclic amines) is 1. The maximum Gasteiger partial charge on any atom is 0.339 e. The molecule has 0 spiro atoms. The largest absolute Gasteiger partial charge is 0.478 e. The summed E-state index contributed by atoms with van der Waals surface area (Å²) in [6, 6.07) is 25.6. The standard InChI is InChI=1S/C30H28N4O6/c1-18-24(29(35)36)25(21-13-8-14-22(15-21)34(38)39)26(28(31)32-18)30(37)40-23-16-33(17-23)27(19-9-4-2-5-10-19)20-11-6-3-7-12-20/h2-15,23,25,27,32H,16-17,31H2,1H3,(H,35,36)/t25-/m1/s1. The molecule has 0 unspecified atom stereocenters. The quantitative estimate of drug-likeness (QED) is 0.220. The van der Waals surface area contributed by atoms with Gasteiger partial charge < -0.3 is 20.9 Å². The lowest BCUT2D eigenvalue weighted by molar-refractivity contribution is -0.384. The van der Waals surface area contributed by atoms with Crippen LogP contribution >= 0.6 is 0 Å². The topological polar surface area (TPSA) is 148 Å². The maximum absolute atomic E-state index is 13.5. The van der Waals surface area contributed by atoms with Gasteiger partial charge in [0.05, 0.1) is 28.0 Å². The van der Waals surface area contributed by atoms with E-state index in [4.69, 9.17) is 10.5 Å². The van der Waals surface area contributed by atoms with Crippen LogP contribution in [0.1, 0.15) is 35.6 Å². The number of dihydropyridines is 1. The molecule has 10 heteroatoms. The predicted molar refractivity (Wildman–Crippen MR) is 147 cm³/mol. The minimum Gasteiger partial charge on any atom is -0.478 e. The molecule has 2 aliphatic rings. The number of nitrogens with one attached hydrogen (secondary N) is 1. The Morgan fingerprint density at radius 1 is 1.00 bits per heavy atom. The molecule has 204 valence electrons. The summed E-state index contributed by atoms with van der Waals surface area (Å²) in [4.78, 5) is 38.8. The van der Waals surface area contributed by atoms with E-state index in [0.717, 1.165) is 11.1 Å². The van der Waals surface area contributed by atoms with Crippen LogP contribution in [0.4, 0.5) is 5.69 Å². The smallest absolute Gasteiger partial charge is 0.339 e. The summed E-state index contributed by atoms with van der Waals surface area (Å²) in [6.45, 7) is 2.45. The van der Waals surface area contributed by atoms with Crippen LogP contribution in [0, 0.1) is 10.1 Å². The number of nitro groups is 1. The van der Waals surface area contributed by atoms with Gasteiger partial charge in [0.15, 0.2) is 0 Å². The van der Waals surface area contributed by atoms with Crippen molar-refractivity contribution < 1.29 is 24.4 Å². The molecule has 0 amide bonds. The molecular formula is C30H28N4O6. The monoisotopic (exact) mass is 540 g/mol. The first-order chi connectivity index (χ1) is 19.2. The number of nitro benzene ring substituents is 1. The van der Waals surface area contributed by atoms with Crippen molar-refractivity contribution in [3.63, 3.8) is 0 Å². The van der Waals surface area contributed by atoms with Crippen molar-refractivity contribution in [1.82, 2.24) is 10.2 Å². The van der Waals surface area contributed by atoms with Crippen LogP contribution in [-0.2, 0) is 14.3 Å². The Morgan fingerprint density at radius 2 is 1.60 bits per heavy atom. The second-order valence-electron chi connectivity index (χ2n) is 9.79. The second-order valence-corrected chi connectivity index (χ2v) is 9.79. The van der Waals surface area contributed by atoms with Crippen LogP contribution < -0.4 is 11.1 Å². The van der Waals surface area contributed by atoms with Crippen molar-refractivity contribution in [3.05, 3.63) is 134 Å². The molecule has 0 aliphatic carbocycles. The molecule has 2 heterocycles. The van der Waals surface area contributed by atoms with Gasteiger partial charge in [-0.15, -0.1) is 0 Å². The minimum atomic E-state index is -1.28. The summed E-state index contributed by atoms with van der Waals surface area (Å²) in [5.74, 6) is -3.24. The number of esters is 1. The molecule has 0 saturated carbocycles. The van der Waals surface area contributed by atoms with Crippen molar-refractivity contribution in [2.75, 3.05) is 13.1 Å². The summed E-state index contributed by atoms with van der Waals surface area (Å²) in [7, 11) is 0. The molecule has 0 bridgehead atoms. The Balaban J connectivity index is 1.39. The number of carbonyl (C=O) groups is 2. The van der Waals surface area contributed by atoms with Crippen molar-refractivity contribution in [3.8, 4) is 0 Å². The van der Waals surface area contributed by atoms with E-state index in [0.29, 0.717) is 13.1 Å². The number of rotatable bonds is 8. The average Bonchev–Trinajstić information content (AvgIpc) is 2.92. The molecule has 1 fully saturated rings. The molecule has 4 N–H and O–H groups in total. The SMILES string of the molecule is CC1=C(C(=O)O)[C@@H](c2cccc([N+](=O)[O-])c2)C(C(=O)OC2CN(C(c3ccccc3)c3ccccc3)C2)=C(N)N1. The second kappa shape index (κ2) is 11.0. The normalized spacial score (nSPS) is 17.8. The zero-order chi connectivity index (χ0) is 28.4. The van der Waals surface area contributed by atoms with Crippen LogP contribution in [-0.4, -0.2) is 46.1 Å². The number of ether oxygens (including phenoxy) is 1. The van der Waals surface area contributed by atoms with Gasteiger partial charge in [-0.05, 0) is 23.6 Å². The molecule has 3 aromatic carbocycles. The zero-order valence-electron chi connectivity index (χ0n) is 21.7. The highest BCUT2D eigenvalue weighted by Crippen LogP contribution is 2.40. The fourth-order valence-corrected chi connectivity index (χ4v) is 5.37. The molecule has 1 saturated heterocycles. The van der Waals surface area contributed by atoms with Crippen LogP contribution in [0.5, 0.6) is 0 Å². The molecule has 1 atom stereocenters. The van der Waals surface area contributed by atoms with Gasteiger partial charge in [0.2, 0.25) is 0 Å². The van der Waals surface area contributed by atoms with Crippen LogP contribution in [0.25, 0.3) is 0 Å². The molecule has 0 radical (unpaired) electrons. The Kier molecular flexibility index (Phi) is 7.35. The van der Waals surface area contributed by atoms with Crippen LogP contribution in [0.2, 0.25) is 0 Å². The maximum atomic E-state index is 13.5. The van der Waals surface area contributed by atoms with Crippen molar-refractivity contribution in [2.24, 2.45) is 5.73 Å². The number of non-ortho nitro benzene ring substituents is 1. The first kappa shape index (κ1) is 26.6. The summed E-state index contributed by atoms with van der Waals surface area (Å²) in [5.41, 5.74) is 8.47. The molecule has 0 aromatic heterocycles. The Bertz CT molecular complexity index is 1470. The first-order valence-electron chi connectivity index (χ1n) is 12.7. The minimum absolute atomic E-state index is 0.0280. The van der Waals surface area contributed by atoms with Gasteiger partial charge in [-0.1, -0.05) is 72.8 Å². The van der Waals surface area contributed by atoms with E-state index in [1.54, 1.807) is 0 Å². The number of nitrogens with two attached hydrogens (primary N) is 1. The molecule has 3 aromatic rings. The fourth-order valence-electron chi connectivity index (χ4n) is 5.37. The Labute approximate surface area is 230 Å². The molecule has 5 rings (SSSR count). The number of nitrogens with zero attached hydrogens (tertiary/aromatic N) is 2. The molecule has 10 nitrogen and oxygen atoms in total. The number of carboxylic acids is 1. The van der Waals surface area contributed by atoms with Gasteiger partial charge in [-0.25, -0.2) is 9.59 Å². The number of aliphatic carboxylic acids is 1. The number of allylic oxidation sites excluding steroid dienone is 1. The number of hydrogen-bond donors (Lipinski definition) is 3. The van der Waals surface area contributed by atoms with E-state index in [1.807, 2.05) is 36.4 Å². The van der Waals surface area contributed by atoms with Gasteiger partial charge in [-0.3, -0.25) is 15.0 Å². The van der Waals surface area contributed by atoms with Gasteiger partial charge in [-0.2, -0.15) is 0 Å². The lowest BCUT2D eigenvalue weighted by Crippen LogP contribution is -2.54. The lowest BCUT2D eigenvalue weighted by Gasteiger charge is -2.44. The lowest BCUT2D eigenvalue weighted by atomic mass is 9.81.